The second kappa shape index (κ2) is 6.86. The van der Waals surface area contributed by atoms with Gasteiger partial charge in [0.1, 0.15) is 6.61 Å². The second-order valence-corrected chi connectivity index (χ2v) is 6.41. The molecule has 0 radical (unpaired) electrons. The number of carbonyl (C=O) groups is 1. The number of aliphatic hydroxyl groups excluding tert-OH is 1. The summed E-state index contributed by atoms with van der Waals surface area (Å²) in [5, 5.41) is 9.42. The third-order valence-corrected chi connectivity index (χ3v) is 5.01. The number of amides is 1. The van der Waals surface area contributed by atoms with E-state index in [9.17, 15) is 9.90 Å². The SMILES string of the molecule is O=C(OCC1c2ccccc2-c2ccccc21)N1CCOC[C@H]1CO. The van der Waals surface area contributed by atoms with Crippen molar-refractivity contribution in [3.8, 4) is 11.1 Å². The number of rotatable bonds is 3. The number of nitrogens with zero attached hydrogens (tertiary/aromatic N) is 1. The van der Waals surface area contributed by atoms with Crippen molar-refractivity contribution < 1.29 is 19.4 Å². The summed E-state index contributed by atoms with van der Waals surface area (Å²) in [5.74, 6) is 0.0463. The van der Waals surface area contributed by atoms with Gasteiger partial charge in [0.15, 0.2) is 0 Å². The van der Waals surface area contributed by atoms with Gasteiger partial charge in [-0.3, -0.25) is 4.90 Å². The molecule has 5 nitrogen and oxygen atoms in total. The van der Waals surface area contributed by atoms with Crippen molar-refractivity contribution >= 4 is 6.09 Å². The summed E-state index contributed by atoms with van der Waals surface area (Å²) in [6.45, 7) is 1.44. The van der Waals surface area contributed by atoms with Crippen molar-refractivity contribution in [2.24, 2.45) is 0 Å². The highest BCUT2D eigenvalue weighted by Gasteiger charge is 2.32. The Bertz CT molecular complexity index is 730. The molecule has 1 aliphatic heterocycles. The number of benzene rings is 2. The molecule has 1 N–H and O–H groups in total. The zero-order chi connectivity index (χ0) is 17.2. The molecule has 1 fully saturated rings. The van der Waals surface area contributed by atoms with Crippen LogP contribution in [0.5, 0.6) is 0 Å². The average Bonchev–Trinajstić information content (AvgIpc) is 3.00. The van der Waals surface area contributed by atoms with Crippen LogP contribution in [0, 0.1) is 0 Å². The summed E-state index contributed by atoms with van der Waals surface area (Å²) >= 11 is 0. The number of hydrogen-bond acceptors (Lipinski definition) is 4. The number of fused-ring (bicyclic) bond motifs is 3. The fourth-order valence-corrected chi connectivity index (χ4v) is 3.72. The minimum atomic E-state index is -0.385. The van der Waals surface area contributed by atoms with Gasteiger partial charge in [-0.15, -0.1) is 0 Å². The minimum absolute atomic E-state index is 0.0463. The van der Waals surface area contributed by atoms with Gasteiger partial charge < -0.3 is 14.6 Å². The van der Waals surface area contributed by atoms with Crippen molar-refractivity contribution in [2.75, 3.05) is 33.0 Å². The highest BCUT2D eigenvalue weighted by molar-refractivity contribution is 5.79. The first-order valence-corrected chi connectivity index (χ1v) is 8.60. The Labute approximate surface area is 146 Å². The van der Waals surface area contributed by atoms with Crippen LogP contribution < -0.4 is 0 Å². The van der Waals surface area contributed by atoms with Gasteiger partial charge in [0.2, 0.25) is 0 Å². The van der Waals surface area contributed by atoms with Gasteiger partial charge in [0.05, 0.1) is 25.9 Å². The van der Waals surface area contributed by atoms with Crippen LogP contribution in [0.1, 0.15) is 17.0 Å². The molecule has 0 saturated carbocycles. The molecular formula is C20H21NO4. The van der Waals surface area contributed by atoms with Crippen LogP contribution in [0.4, 0.5) is 4.79 Å². The van der Waals surface area contributed by atoms with Gasteiger partial charge in [0, 0.05) is 12.5 Å². The predicted molar refractivity (Wildman–Crippen MR) is 93.5 cm³/mol. The van der Waals surface area contributed by atoms with Crippen molar-refractivity contribution in [3.63, 3.8) is 0 Å². The quantitative estimate of drug-likeness (QED) is 0.934. The summed E-state index contributed by atoms with van der Waals surface area (Å²) < 4.78 is 10.9. The average molecular weight is 339 g/mol. The molecule has 1 atom stereocenters. The Morgan fingerprint density at radius 1 is 1.12 bits per heavy atom. The predicted octanol–water partition coefficient (Wildman–Crippen LogP) is 2.63. The second-order valence-electron chi connectivity index (χ2n) is 6.41. The lowest BCUT2D eigenvalue weighted by molar-refractivity contribution is -0.0261. The topological polar surface area (TPSA) is 59.0 Å². The summed E-state index contributed by atoms with van der Waals surface area (Å²) in [5.41, 5.74) is 4.80. The number of ether oxygens (including phenoxy) is 2. The third-order valence-electron chi connectivity index (χ3n) is 5.01. The smallest absolute Gasteiger partial charge is 0.410 e. The highest BCUT2D eigenvalue weighted by Crippen LogP contribution is 2.44. The lowest BCUT2D eigenvalue weighted by Crippen LogP contribution is -2.50. The van der Waals surface area contributed by atoms with Crippen molar-refractivity contribution in [1.82, 2.24) is 4.90 Å². The fraction of sp³-hybridized carbons (Fsp3) is 0.350. The van der Waals surface area contributed by atoms with Gasteiger partial charge in [-0.25, -0.2) is 4.79 Å². The molecule has 1 saturated heterocycles. The number of morpholine rings is 1. The maximum absolute atomic E-state index is 12.5. The van der Waals surface area contributed by atoms with Crippen LogP contribution in [0.25, 0.3) is 11.1 Å². The van der Waals surface area contributed by atoms with Crippen LogP contribution in [-0.2, 0) is 9.47 Å². The zero-order valence-corrected chi connectivity index (χ0v) is 13.9. The molecule has 0 unspecified atom stereocenters. The van der Waals surface area contributed by atoms with E-state index in [0.29, 0.717) is 26.4 Å². The monoisotopic (exact) mass is 339 g/mol. The molecule has 0 aromatic heterocycles. The largest absolute Gasteiger partial charge is 0.448 e. The minimum Gasteiger partial charge on any atom is -0.448 e. The Hall–Kier alpha value is -2.37. The van der Waals surface area contributed by atoms with E-state index >= 15 is 0 Å². The van der Waals surface area contributed by atoms with E-state index in [0.717, 1.165) is 0 Å². The highest BCUT2D eigenvalue weighted by atomic mass is 16.6. The maximum Gasteiger partial charge on any atom is 0.410 e. The molecule has 1 amide bonds. The molecule has 2 aromatic rings. The van der Waals surface area contributed by atoms with Gasteiger partial charge in [-0.05, 0) is 22.3 Å². The van der Waals surface area contributed by atoms with E-state index in [-0.39, 0.29) is 24.7 Å². The van der Waals surface area contributed by atoms with Crippen LogP contribution in [0.2, 0.25) is 0 Å². The molecule has 0 spiro atoms. The normalized spacial score (nSPS) is 19.4. The molecular weight excluding hydrogens is 318 g/mol. The molecule has 0 bridgehead atoms. The standard InChI is InChI=1S/C20H21NO4/c22-11-14-12-24-10-9-21(14)20(23)25-13-19-17-7-3-1-5-15(17)16-6-2-4-8-18(16)19/h1-8,14,19,22H,9-13H2/t14-/m1/s1. The lowest BCUT2D eigenvalue weighted by atomic mass is 9.98. The summed E-state index contributed by atoms with van der Waals surface area (Å²) in [4.78, 5) is 14.1. The zero-order valence-electron chi connectivity index (χ0n) is 13.9. The van der Waals surface area contributed by atoms with Crippen molar-refractivity contribution in [2.45, 2.75) is 12.0 Å². The first-order valence-electron chi connectivity index (χ1n) is 8.60. The van der Waals surface area contributed by atoms with Crippen LogP contribution in [0.15, 0.2) is 48.5 Å². The molecule has 2 aromatic carbocycles. The first-order chi connectivity index (χ1) is 12.3. The van der Waals surface area contributed by atoms with E-state index in [2.05, 4.69) is 24.3 Å². The Morgan fingerprint density at radius 2 is 1.76 bits per heavy atom. The molecule has 1 heterocycles. The molecule has 25 heavy (non-hydrogen) atoms. The van der Waals surface area contributed by atoms with E-state index < -0.39 is 0 Å². The van der Waals surface area contributed by atoms with E-state index in [4.69, 9.17) is 9.47 Å². The van der Waals surface area contributed by atoms with Crippen molar-refractivity contribution in [3.05, 3.63) is 59.7 Å². The number of carbonyl (C=O) groups excluding carboxylic acids is 1. The Kier molecular flexibility index (Phi) is 4.42. The van der Waals surface area contributed by atoms with Crippen LogP contribution in [0.3, 0.4) is 0 Å². The summed E-state index contributed by atoms with van der Waals surface area (Å²) in [7, 11) is 0. The lowest BCUT2D eigenvalue weighted by Gasteiger charge is -2.33. The van der Waals surface area contributed by atoms with E-state index in [1.807, 2.05) is 24.3 Å². The van der Waals surface area contributed by atoms with Gasteiger partial charge in [0.25, 0.3) is 0 Å². The van der Waals surface area contributed by atoms with Crippen LogP contribution >= 0.6 is 0 Å². The fourth-order valence-electron chi connectivity index (χ4n) is 3.72. The Morgan fingerprint density at radius 3 is 2.40 bits per heavy atom. The molecule has 130 valence electrons. The molecule has 4 rings (SSSR count). The van der Waals surface area contributed by atoms with E-state index in [1.165, 1.54) is 22.3 Å². The summed E-state index contributed by atoms with van der Waals surface area (Å²) in [6, 6.07) is 16.2. The third kappa shape index (κ3) is 2.90. The van der Waals surface area contributed by atoms with Gasteiger partial charge in [-0.2, -0.15) is 0 Å². The van der Waals surface area contributed by atoms with Gasteiger partial charge >= 0.3 is 6.09 Å². The maximum atomic E-state index is 12.5. The van der Waals surface area contributed by atoms with Crippen LogP contribution in [-0.4, -0.2) is 55.1 Å². The number of hydrogen-bond donors (Lipinski definition) is 1. The van der Waals surface area contributed by atoms with E-state index in [1.54, 1.807) is 4.90 Å². The number of aliphatic hydroxyl groups is 1. The molecule has 1 aliphatic carbocycles. The van der Waals surface area contributed by atoms with Gasteiger partial charge in [-0.1, -0.05) is 48.5 Å². The summed E-state index contributed by atoms with van der Waals surface area (Å²) in [6.07, 6.45) is -0.385. The van der Waals surface area contributed by atoms with Crippen molar-refractivity contribution in [1.29, 1.82) is 0 Å². The molecule has 5 heteroatoms. The Balaban J connectivity index is 1.52. The molecule has 2 aliphatic rings. The first kappa shape index (κ1) is 16.1.